The SMILES string of the molecule is CC(C)[C@H](NC(=O)/C=C/c1cccs1)c1ccc(F)cc1. The maximum Gasteiger partial charge on any atom is 0.244 e. The third-order valence-electron chi connectivity index (χ3n) is 3.14. The summed E-state index contributed by atoms with van der Waals surface area (Å²) in [5, 5.41) is 4.94. The number of rotatable bonds is 5. The van der Waals surface area contributed by atoms with Crippen LogP contribution in [0.1, 0.15) is 30.3 Å². The lowest BCUT2D eigenvalue weighted by molar-refractivity contribution is -0.117. The number of nitrogens with one attached hydrogen (secondary N) is 1. The van der Waals surface area contributed by atoms with Gasteiger partial charge >= 0.3 is 0 Å². The highest BCUT2D eigenvalue weighted by molar-refractivity contribution is 7.10. The molecular weight excluding hydrogens is 285 g/mol. The van der Waals surface area contributed by atoms with E-state index in [1.165, 1.54) is 18.2 Å². The van der Waals surface area contributed by atoms with E-state index in [0.29, 0.717) is 0 Å². The van der Waals surface area contributed by atoms with Crippen LogP contribution in [0.15, 0.2) is 47.9 Å². The van der Waals surface area contributed by atoms with Gasteiger partial charge in [-0.05, 0) is 41.1 Å². The molecule has 0 aliphatic carbocycles. The van der Waals surface area contributed by atoms with Crippen LogP contribution in [0.3, 0.4) is 0 Å². The van der Waals surface area contributed by atoms with Gasteiger partial charge in [-0.25, -0.2) is 4.39 Å². The highest BCUT2D eigenvalue weighted by atomic mass is 32.1. The minimum atomic E-state index is -0.273. The topological polar surface area (TPSA) is 29.1 Å². The van der Waals surface area contributed by atoms with Crippen molar-refractivity contribution in [3.63, 3.8) is 0 Å². The Kier molecular flexibility index (Phi) is 5.28. The summed E-state index contributed by atoms with van der Waals surface area (Å²) in [4.78, 5) is 13.1. The number of benzene rings is 1. The predicted octanol–water partition coefficient (Wildman–Crippen LogP) is 4.41. The molecule has 1 aromatic carbocycles. The molecule has 0 saturated heterocycles. The minimum Gasteiger partial charge on any atom is -0.345 e. The van der Waals surface area contributed by atoms with E-state index in [9.17, 15) is 9.18 Å². The molecule has 1 heterocycles. The molecule has 1 aromatic heterocycles. The van der Waals surface area contributed by atoms with E-state index < -0.39 is 0 Å². The first-order valence-corrected chi connectivity index (χ1v) is 7.72. The highest BCUT2D eigenvalue weighted by Gasteiger charge is 2.17. The summed E-state index contributed by atoms with van der Waals surface area (Å²) in [5.74, 6) is -0.203. The van der Waals surface area contributed by atoms with Gasteiger partial charge in [0.25, 0.3) is 0 Å². The number of thiophene rings is 1. The molecule has 0 fully saturated rings. The molecule has 2 rings (SSSR count). The molecule has 21 heavy (non-hydrogen) atoms. The monoisotopic (exact) mass is 303 g/mol. The van der Waals surface area contributed by atoms with Gasteiger partial charge in [-0.15, -0.1) is 11.3 Å². The molecule has 1 amide bonds. The highest BCUT2D eigenvalue weighted by Crippen LogP contribution is 2.22. The first kappa shape index (κ1) is 15.4. The minimum absolute atomic E-state index is 0.133. The zero-order valence-electron chi connectivity index (χ0n) is 12.0. The zero-order chi connectivity index (χ0) is 15.2. The molecule has 0 spiro atoms. The molecule has 2 nitrogen and oxygen atoms in total. The predicted molar refractivity (Wildman–Crippen MR) is 85.5 cm³/mol. The lowest BCUT2D eigenvalue weighted by Gasteiger charge is -2.22. The van der Waals surface area contributed by atoms with Crippen molar-refractivity contribution in [3.05, 3.63) is 64.1 Å². The summed E-state index contributed by atoms with van der Waals surface area (Å²) >= 11 is 1.58. The van der Waals surface area contributed by atoms with Crippen LogP contribution in [0.2, 0.25) is 0 Å². The molecule has 0 unspecified atom stereocenters. The van der Waals surface area contributed by atoms with Gasteiger partial charge in [0.15, 0.2) is 0 Å². The first-order chi connectivity index (χ1) is 10.1. The second-order valence-corrected chi connectivity index (χ2v) is 6.11. The lowest BCUT2D eigenvalue weighted by Crippen LogP contribution is -2.30. The second kappa shape index (κ2) is 7.18. The third kappa shape index (κ3) is 4.53. The van der Waals surface area contributed by atoms with Gasteiger partial charge in [-0.1, -0.05) is 32.0 Å². The van der Waals surface area contributed by atoms with Gasteiger partial charge in [-0.2, -0.15) is 0 Å². The van der Waals surface area contributed by atoms with Gasteiger partial charge in [0.1, 0.15) is 5.82 Å². The van der Waals surface area contributed by atoms with Crippen molar-refractivity contribution in [2.75, 3.05) is 0 Å². The van der Waals surface area contributed by atoms with E-state index in [2.05, 4.69) is 5.32 Å². The van der Waals surface area contributed by atoms with Crippen LogP contribution in [-0.4, -0.2) is 5.91 Å². The number of carbonyl (C=O) groups is 1. The smallest absolute Gasteiger partial charge is 0.244 e. The van der Waals surface area contributed by atoms with E-state index in [0.717, 1.165) is 10.4 Å². The fraction of sp³-hybridized carbons (Fsp3) is 0.235. The van der Waals surface area contributed by atoms with Crippen LogP contribution in [0.25, 0.3) is 6.08 Å². The van der Waals surface area contributed by atoms with Crippen molar-refractivity contribution in [3.8, 4) is 0 Å². The maximum absolute atomic E-state index is 13.0. The van der Waals surface area contributed by atoms with Crippen molar-refractivity contribution >= 4 is 23.3 Å². The summed E-state index contributed by atoms with van der Waals surface area (Å²) in [5.41, 5.74) is 0.907. The standard InChI is InChI=1S/C17H18FNOS/c1-12(2)17(13-5-7-14(18)8-6-13)19-16(20)10-9-15-4-3-11-21-15/h3-12,17H,1-2H3,(H,19,20)/b10-9+/t17-/m0/s1. The molecule has 4 heteroatoms. The molecule has 1 N–H and O–H groups in total. The summed E-state index contributed by atoms with van der Waals surface area (Å²) < 4.78 is 13.0. The summed E-state index contributed by atoms with van der Waals surface area (Å²) in [6.07, 6.45) is 3.33. The number of carbonyl (C=O) groups excluding carboxylic acids is 1. The first-order valence-electron chi connectivity index (χ1n) is 6.84. The number of amides is 1. The molecule has 0 radical (unpaired) electrons. The quantitative estimate of drug-likeness (QED) is 0.814. The summed E-state index contributed by atoms with van der Waals surface area (Å²) in [6.45, 7) is 4.05. The van der Waals surface area contributed by atoms with Crippen molar-refractivity contribution in [1.29, 1.82) is 0 Å². The Bertz CT molecular complexity index is 602. The van der Waals surface area contributed by atoms with Gasteiger partial charge in [0, 0.05) is 11.0 Å². The van der Waals surface area contributed by atoms with Gasteiger partial charge in [-0.3, -0.25) is 4.79 Å². The molecule has 2 aromatic rings. The molecular formula is C17H18FNOS. The molecule has 110 valence electrons. The Balaban J connectivity index is 2.06. The van der Waals surface area contributed by atoms with Gasteiger partial charge < -0.3 is 5.32 Å². The van der Waals surface area contributed by atoms with Crippen LogP contribution in [-0.2, 0) is 4.79 Å². The normalized spacial score (nSPS) is 12.8. The maximum atomic E-state index is 13.0. The Morgan fingerprint density at radius 1 is 1.24 bits per heavy atom. The van der Waals surface area contributed by atoms with E-state index >= 15 is 0 Å². The molecule has 0 bridgehead atoms. The van der Waals surface area contributed by atoms with Gasteiger partial charge in [0.05, 0.1) is 6.04 Å². The Labute approximate surface area is 128 Å². The van der Waals surface area contributed by atoms with Crippen molar-refractivity contribution in [1.82, 2.24) is 5.32 Å². The molecule has 0 aliphatic heterocycles. The van der Waals surface area contributed by atoms with Crippen LogP contribution >= 0.6 is 11.3 Å². The average Bonchev–Trinajstić information content (AvgIpc) is 2.97. The van der Waals surface area contributed by atoms with Crippen LogP contribution in [0.5, 0.6) is 0 Å². The number of hydrogen-bond acceptors (Lipinski definition) is 2. The number of halogens is 1. The fourth-order valence-electron chi connectivity index (χ4n) is 2.05. The summed E-state index contributed by atoms with van der Waals surface area (Å²) in [7, 11) is 0. The van der Waals surface area contributed by atoms with Crippen LogP contribution in [0.4, 0.5) is 4.39 Å². The number of hydrogen-bond donors (Lipinski definition) is 1. The van der Waals surface area contributed by atoms with Crippen LogP contribution < -0.4 is 5.32 Å². The van der Waals surface area contributed by atoms with E-state index in [4.69, 9.17) is 0 Å². The molecule has 0 saturated carbocycles. The summed E-state index contributed by atoms with van der Waals surface area (Å²) in [6, 6.07) is 10.0. The Morgan fingerprint density at radius 3 is 2.52 bits per heavy atom. The van der Waals surface area contributed by atoms with Gasteiger partial charge in [0.2, 0.25) is 5.91 Å². The van der Waals surface area contributed by atoms with E-state index in [-0.39, 0.29) is 23.7 Å². The Morgan fingerprint density at radius 2 is 1.95 bits per heavy atom. The largest absolute Gasteiger partial charge is 0.345 e. The fourth-order valence-corrected chi connectivity index (χ4v) is 2.67. The van der Waals surface area contributed by atoms with E-state index in [1.807, 2.05) is 31.4 Å². The molecule has 1 atom stereocenters. The van der Waals surface area contributed by atoms with E-state index in [1.54, 1.807) is 29.5 Å². The van der Waals surface area contributed by atoms with Crippen LogP contribution in [0, 0.1) is 11.7 Å². The van der Waals surface area contributed by atoms with Crippen molar-refractivity contribution in [2.24, 2.45) is 5.92 Å². The zero-order valence-corrected chi connectivity index (χ0v) is 12.9. The second-order valence-electron chi connectivity index (χ2n) is 5.13. The van der Waals surface area contributed by atoms with Crippen molar-refractivity contribution in [2.45, 2.75) is 19.9 Å². The van der Waals surface area contributed by atoms with Crippen molar-refractivity contribution < 1.29 is 9.18 Å². The lowest BCUT2D eigenvalue weighted by atomic mass is 9.96. The Hall–Kier alpha value is -1.94. The molecule has 0 aliphatic rings. The third-order valence-corrected chi connectivity index (χ3v) is 3.97. The average molecular weight is 303 g/mol.